The lowest BCUT2D eigenvalue weighted by atomic mass is 10.1. The van der Waals surface area contributed by atoms with Crippen LogP contribution >= 0.6 is 11.3 Å². The Labute approximate surface area is 132 Å². The maximum Gasteiger partial charge on any atom is 0.0562 e. The Hall–Kier alpha value is -1.39. The third kappa shape index (κ3) is 5.48. The summed E-state index contributed by atoms with van der Waals surface area (Å²) >= 11 is 1.83. The normalized spacial score (nSPS) is 11.6. The van der Waals surface area contributed by atoms with E-state index < -0.39 is 0 Å². The molecule has 1 N–H and O–H groups in total. The number of likely N-dealkylation sites (N-methyl/N-ethyl adjacent to an activating group) is 1. The number of nitrogens with one attached hydrogen (secondary N) is 1. The Balaban J connectivity index is 1.92. The maximum absolute atomic E-state index is 4.45. The van der Waals surface area contributed by atoms with E-state index in [9.17, 15) is 0 Å². The summed E-state index contributed by atoms with van der Waals surface area (Å²) < 4.78 is 0. The standard InChI is InChI=1S/C17H25N3S/c1-17(2,3)19-13-14-12-15(7-9-18-14)20(4)10-8-16-6-5-11-21-16/h5-7,9,11-12,19H,8,10,13H2,1-4H3. The minimum atomic E-state index is 0.114. The lowest BCUT2D eigenvalue weighted by molar-refractivity contribution is 0.421. The van der Waals surface area contributed by atoms with Crippen molar-refractivity contribution in [1.29, 1.82) is 0 Å². The Morgan fingerprint density at radius 1 is 1.29 bits per heavy atom. The zero-order valence-electron chi connectivity index (χ0n) is 13.4. The van der Waals surface area contributed by atoms with Crippen molar-refractivity contribution in [3.63, 3.8) is 0 Å². The molecule has 0 spiro atoms. The smallest absolute Gasteiger partial charge is 0.0562 e. The van der Waals surface area contributed by atoms with Gasteiger partial charge in [0.15, 0.2) is 0 Å². The van der Waals surface area contributed by atoms with Gasteiger partial charge in [0.2, 0.25) is 0 Å². The maximum atomic E-state index is 4.45. The van der Waals surface area contributed by atoms with Crippen LogP contribution in [-0.2, 0) is 13.0 Å². The molecule has 0 aliphatic carbocycles. The number of aromatic nitrogens is 1. The fraction of sp³-hybridized carbons (Fsp3) is 0.471. The second-order valence-corrected chi connectivity index (χ2v) is 7.39. The van der Waals surface area contributed by atoms with Gasteiger partial charge in [-0.05, 0) is 50.8 Å². The van der Waals surface area contributed by atoms with E-state index in [2.05, 4.69) is 72.7 Å². The van der Waals surface area contributed by atoms with Crippen LogP contribution in [0.25, 0.3) is 0 Å². The highest BCUT2D eigenvalue weighted by molar-refractivity contribution is 7.09. The lowest BCUT2D eigenvalue weighted by Crippen LogP contribution is -2.35. The van der Waals surface area contributed by atoms with Gasteiger partial charge >= 0.3 is 0 Å². The molecule has 2 aromatic heterocycles. The third-order valence-corrected chi connectivity index (χ3v) is 4.25. The van der Waals surface area contributed by atoms with E-state index >= 15 is 0 Å². The van der Waals surface area contributed by atoms with Gasteiger partial charge in [0, 0.05) is 42.4 Å². The van der Waals surface area contributed by atoms with Gasteiger partial charge in [0.1, 0.15) is 0 Å². The van der Waals surface area contributed by atoms with Crippen molar-refractivity contribution >= 4 is 17.0 Å². The molecular formula is C17H25N3S. The quantitative estimate of drug-likeness (QED) is 0.882. The van der Waals surface area contributed by atoms with Gasteiger partial charge in [0.05, 0.1) is 5.69 Å². The average molecular weight is 303 g/mol. The largest absolute Gasteiger partial charge is 0.374 e. The summed E-state index contributed by atoms with van der Waals surface area (Å²) in [7, 11) is 2.14. The molecule has 0 fully saturated rings. The SMILES string of the molecule is CN(CCc1cccs1)c1ccnc(CNC(C)(C)C)c1. The summed E-state index contributed by atoms with van der Waals surface area (Å²) in [4.78, 5) is 8.18. The van der Waals surface area contributed by atoms with E-state index in [-0.39, 0.29) is 5.54 Å². The first-order valence-corrected chi connectivity index (χ1v) is 8.25. The van der Waals surface area contributed by atoms with Crippen LogP contribution in [-0.4, -0.2) is 24.1 Å². The van der Waals surface area contributed by atoms with E-state index in [1.165, 1.54) is 10.6 Å². The molecule has 0 atom stereocenters. The molecule has 0 amide bonds. The molecule has 0 radical (unpaired) electrons. The molecule has 0 aliphatic heterocycles. The molecule has 0 saturated carbocycles. The molecule has 0 bridgehead atoms. The van der Waals surface area contributed by atoms with Crippen LogP contribution < -0.4 is 10.2 Å². The number of hydrogen-bond donors (Lipinski definition) is 1. The number of hydrogen-bond acceptors (Lipinski definition) is 4. The van der Waals surface area contributed by atoms with Crippen molar-refractivity contribution < 1.29 is 0 Å². The van der Waals surface area contributed by atoms with Crippen molar-refractivity contribution in [2.45, 2.75) is 39.3 Å². The van der Waals surface area contributed by atoms with Gasteiger partial charge < -0.3 is 10.2 Å². The Morgan fingerprint density at radius 2 is 2.10 bits per heavy atom. The number of nitrogens with zero attached hydrogens (tertiary/aromatic N) is 2. The Bertz CT molecular complexity index is 543. The summed E-state index contributed by atoms with van der Waals surface area (Å²) in [6, 6.07) is 8.56. The fourth-order valence-electron chi connectivity index (χ4n) is 2.02. The fourth-order valence-corrected chi connectivity index (χ4v) is 2.72. The van der Waals surface area contributed by atoms with E-state index in [1.54, 1.807) is 0 Å². The number of rotatable bonds is 6. The first kappa shape index (κ1) is 16.0. The van der Waals surface area contributed by atoms with Gasteiger partial charge in [-0.3, -0.25) is 4.98 Å². The molecule has 3 nitrogen and oxygen atoms in total. The van der Waals surface area contributed by atoms with Crippen molar-refractivity contribution in [2.75, 3.05) is 18.5 Å². The second-order valence-electron chi connectivity index (χ2n) is 6.36. The van der Waals surface area contributed by atoms with Crippen LogP contribution in [0.2, 0.25) is 0 Å². The molecule has 0 saturated heterocycles. The van der Waals surface area contributed by atoms with Crippen LogP contribution in [0, 0.1) is 0 Å². The summed E-state index contributed by atoms with van der Waals surface area (Å²) in [5, 5.41) is 5.62. The van der Waals surface area contributed by atoms with Crippen LogP contribution in [0.3, 0.4) is 0 Å². The molecule has 21 heavy (non-hydrogen) atoms. The minimum absolute atomic E-state index is 0.114. The first-order chi connectivity index (χ1) is 9.94. The minimum Gasteiger partial charge on any atom is -0.374 e. The number of anilines is 1. The molecular weight excluding hydrogens is 278 g/mol. The monoisotopic (exact) mass is 303 g/mol. The van der Waals surface area contributed by atoms with E-state index in [0.717, 1.165) is 25.2 Å². The Morgan fingerprint density at radius 3 is 2.76 bits per heavy atom. The van der Waals surface area contributed by atoms with Gasteiger partial charge in [-0.15, -0.1) is 11.3 Å². The van der Waals surface area contributed by atoms with Gasteiger partial charge in [-0.2, -0.15) is 0 Å². The zero-order valence-corrected chi connectivity index (χ0v) is 14.2. The highest BCUT2D eigenvalue weighted by Gasteiger charge is 2.10. The molecule has 2 aromatic rings. The van der Waals surface area contributed by atoms with Crippen LogP contribution in [0.4, 0.5) is 5.69 Å². The lowest BCUT2D eigenvalue weighted by Gasteiger charge is -2.22. The van der Waals surface area contributed by atoms with E-state index in [0.29, 0.717) is 0 Å². The average Bonchev–Trinajstić information content (AvgIpc) is 2.95. The third-order valence-electron chi connectivity index (χ3n) is 3.31. The second kappa shape index (κ2) is 7.05. The predicted molar refractivity (Wildman–Crippen MR) is 92.1 cm³/mol. The molecule has 2 heterocycles. The van der Waals surface area contributed by atoms with Crippen LogP contribution in [0.15, 0.2) is 35.8 Å². The van der Waals surface area contributed by atoms with Crippen LogP contribution in [0.5, 0.6) is 0 Å². The summed E-state index contributed by atoms with van der Waals surface area (Å²) in [6.45, 7) is 8.34. The highest BCUT2D eigenvalue weighted by atomic mass is 32.1. The molecule has 4 heteroatoms. The predicted octanol–water partition coefficient (Wildman–Crippen LogP) is 3.71. The van der Waals surface area contributed by atoms with Crippen molar-refractivity contribution in [2.24, 2.45) is 0 Å². The number of pyridine rings is 1. The van der Waals surface area contributed by atoms with Crippen molar-refractivity contribution in [3.05, 3.63) is 46.4 Å². The number of thiophene rings is 1. The van der Waals surface area contributed by atoms with Gasteiger partial charge in [-0.25, -0.2) is 0 Å². The molecule has 0 aliphatic rings. The van der Waals surface area contributed by atoms with Gasteiger partial charge in [-0.1, -0.05) is 6.07 Å². The Kier molecular flexibility index (Phi) is 5.37. The van der Waals surface area contributed by atoms with E-state index in [1.807, 2.05) is 17.5 Å². The van der Waals surface area contributed by atoms with Crippen molar-refractivity contribution in [1.82, 2.24) is 10.3 Å². The summed E-state index contributed by atoms with van der Waals surface area (Å²) in [6.07, 6.45) is 2.99. The summed E-state index contributed by atoms with van der Waals surface area (Å²) in [5.41, 5.74) is 2.43. The van der Waals surface area contributed by atoms with E-state index in [4.69, 9.17) is 0 Å². The molecule has 0 aromatic carbocycles. The zero-order chi connectivity index (χ0) is 15.3. The summed E-state index contributed by atoms with van der Waals surface area (Å²) in [5.74, 6) is 0. The molecule has 114 valence electrons. The molecule has 2 rings (SSSR count). The first-order valence-electron chi connectivity index (χ1n) is 7.37. The highest BCUT2D eigenvalue weighted by Crippen LogP contribution is 2.16. The topological polar surface area (TPSA) is 28.2 Å². The molecule has 0 unspecified atom stereocenters. The van der Waals surface area contributed by atoms with Crippen LogP contribution in [0.1, 0.15) is 31.3 Å². The van der Waals surface area contributed by atoms with Crippen molar-refractivity contribution in [3.8, 4) is 0 Å². The van der Waals surface area contributed by atoms with Gasteiger partial charge in [0.25, 0.3) is 0 Å².